The third-order valence-electron chi connectivity index (χ3n) is 2.31. The molecule has 4 heteroatoms. The van der Waals surface area contributed by atoms with Crippen LogP contribution in [0.25, 0.3) is 0 Å². The van der Waals surface area contributed by atoms with Crippen LogP contribution in [0.4, 0.5) is 11.5 Å². The first-order valence-corrected chi connectivity index (χ1v) is 6.01. The summed E-state index contributed by atoms with van der Waals surface area (Å²) < 4.78 is 0. The maximum atomic E-state index is 4.35. The highest BCUT2D eigenvalue weighted by Crippen LogP contribution is 2.19. The van der Waals surface area contributed by atoms with Crippen molar-refractivity contribution in [2.24, 2.45) is 0 Å². The van der Waals surface area contributed by atoms with Crippen LogP contribution in [0.15, 0.2) is 18.3 Å². The Bertz CT molecular complexity index is 342. The van der Waals surface area contributed by atoms with Crippen LogP contribution in [0, 0.1) is 0 Å². The summed E-state index contributed by atoms with van der Waals surface area (Å²) in [6.07, 6.45) is 1.81. The SMILES string of the molecule is CN(C)c1ncccc1NCCNC(C)(C)C. The Kier molecular flexibility index (Phi) is 4.75. The molecule has 0 radical (unpaired) electrons. The maximum Gasteiger partial charge on any atom is 0.151 e. The van der Waals surface area contributed by atoms with Crippen LogP contribution >= 0.6 is 0 Å². The van der Waals surface area contributed by atoms with Gasteiger partial charge in [0.1, 0.15) is 0 Å². The van der Waals surface area contributed by atoms with Crippen molar-refractivity contribution in [2.75, 3.05) is 37.4 Å². The van der Waals surface area contributed by atoms with Crippen LogP contribution in [0.1, 0.15) is 20.8 Å². The van der Waals surface area contributed by atoms with Crippen molar-refractivity contribution < 1.29 is 0 Å². The Balaban J connectivity index is 2.47. The molecule has 0 amide bonds. The fourth-order valence-electron chi connectivity index (χ4n) is 1.53. The van der Waals surface area contributed by atoms with Gasteiger partial charge in [0.2, 0.25) is 0 Å². The molecule has 0 spiro atoms. The highest BCUT2D eigenvalue weighted by atomic mass is 15.2. The van der Waals surface area contributed by atoms with Crippen LogP contribution < -0.4 is 15.5 Å². The lowest BCUT2D eigenvalue weighted by molar-refractivity contribution is 0.435. The molecule has 4 nitrogen and oxygen atoms in total. The van der Waals surface area contributed by atoms with Crippen LogP contribution in [0.2, 0.25) is 0 Å². The zero-order valence-corrected chi connectivity index (χ0v) is 11.5. The zero-order valence-electron chi connectivity index (χ0n) is 11.5. The van der Waals surface area contributed by atoms with Gasteiger partial charge in [0.05, 0.1) is 5.69 Å². The summed E-state index contributed by atoms with van der Waals surface area (Å²) in [6.45, 7) is 8.34. The molecule has 1 aromatic rings. The van der Waals surface area contributed by atoms with E-state index in [-0.39, 0.29) is 5.54 Å². The van der Waals surface area contributed by atoms with Gasteiger partial charge in [-0.05, 0) is 32.9 Å². The molecule has 0 aliphatic rings. The maximum absolute atomic E-state index is 4.35. The summed E-state index contributed by atoms with van der Waals surface area (Å²) in [6, 6.07) is 4.01. The molecular formula is C13H24N4. The van der Waals surface area contributed by atoms with E-state index in [2.05, 4.69) is 42.5 Å². The fraction of sp³-hybridized carbons (Fsp3) is 0.615. The Morgan fingerprint density at radius 1 is 1.24 bits per heavy atom. The third kappa shape index (κ3) is 5.04. The second-order valence-electron chi connectivity index (χ2n) is 5.37. The molecule has 0 fully saturated rings. The van der Waals surface area contributed by atoms with E-state index in [1.165, 1.54) is 0 Å². The first-order valence-electron chi connectivity index (χ1n) is 6.01. The minimum absolute atomic E-state index is 0.168. The minimum atomic E-state index is 0.168. The molecule has 0 aliphatic carbocycles. The summed E-state index contributed by atoms with van der Waals surface area (Å²) in [5, 5.41) is 6.84. The standard InChI is InChI=1S/C13H24N4/c1-13(2,3)16-10-9-14-11-7-6-8-15-12(11)17(4)5/h6-8,14,16H,9-10H2,1-5H3. The normalized spacial score (nSPS) is 11.4. The van der Waals surface area contributed by atoms with Gasteiger partial charge in [-0.1, -0.05) is 0 Å². The molecular weight excluding hydrogens is 212 g/mol. The Morgan fingerprint density at radius 3 is 2.53 bits per heavy atom. The molecule has 1 heterocycles. The van der Waals surface area contributed by atoms with E-state index in [0.29, 0.717) is 0 Å². The van der Waals surface area contributed by atoms with Crippen molar-refractivity contribution in [1.82, 2.24) is 10.3 Å². The quantitative estimate of drug-likeness (QED) is 0.767. The van der Waals surface area contributed by atoms with Gasteiger partial charge in [0, 0.05) is 38.9 Å². The molecule has 0 saturated heterocycles. The summed E-state index contributed by atoms with van der Waals surface area (Å²) in [4.78, 5) is 6.36. The van der Waals surface area contributed by atoms with Crippen molar-refractivity contribution in [1.29, 1.82) is 0 Å². The molecule has 1 rings (SSSR count). The van der Waals surface area contributed by atoms with Crippen molar-refractivity contribution in [3.05, 3.63) is 18.3 Å². The van der Waals surface area contributed by atoms with E-state index < -0.39 is 0 Å². The monoisotopic (exact) mass is 236 g/mol. The summed E-state index contributed by atoms with van der Waals surface area (Å²) in [5.74, 6) is 0.975. The van der Waals surface area contributed by atoms with Crippen molar-refractivity contribution in [3.63, 3.8) is 0 Å². The second kappa shape index (κ2) is 5.87. The number of rotatable bonds is 5. The molecule has 2 N–H and O–H groups in total. The van der Waals surface area contributed by atoms with Crippen LogP contribution in [0.3, 0.4) is 0 Å². The molecule has 0 aliphatic heterocycles. The minimum Gasteiger partial charge on any atom is -0.381 e. The molecule has 0 atom stereocenters. The Labute approximate surface area is 104 Å². The van der Waals surface area contributed by atoms with Gasteiger partial charge >= 0.3 is 0 Å². The third-order valence-corrected chi connectivity index (χ3v) is 2.31. The van der Waals surface area contributed by atoms with Crippen LogP contribution in [0.5, 0.6) is 0 Å². The van der Waals surface area contributed by atoms with Gasteiger partial charge in [-0.25, -0.2) is 4.98 Å². The smallest absolute Gasteiger partial charge is 0.151 e. The number of anilines is 2. The Morgan fingerprint density at radius 2 is 1.94 bits per heavy atom. The van der Waals surface area contributed by atoms with Gasteiger partial charge in [0.15, 0.2) is 5.82 Å². The molecule has 17 heavy (non-hydrogen) atoms. The predicted molar refractivity (Wildman–Crippen MR) is 74.8 cm³/mol. The summed E-state index contributed by atoms with van der Waals surface area (Å²) in [7, 11) is 4.00. The van der Waals surface area contributed by atoms with Gasteiger partial charge in [-0.15, -0.1) is 0 Å². The van der Waals surface area contributed by atoms with Gasteiger partial charge < -0.3 is 15.5 Å². The van der Waals surface area contributed by atoms with Gasteiger partial charge in [-0.3, -0.25) is 0 Å². The highest BCUT2D eigenvalue weighted by molar-refractivity contribution is 5.64. The van der Waals surface area contributed by atoms with Gasteiger partial charge in [-0.2, -0.15) is 0 Å². The second-order valence-corrected chi connectivity index (χ2v) is 5.37. The largest absolute Gasteiger partial charge is 0.381 e. The lowest BCUT2D eigenvalue weighted by Crippen LogP contribution is -2.38. The fourth-order valence-corrected chi connectivity index (χ4v) is 1.53. The van der Waals surface area contributed by atoms with E-state index in [4.69, 9.17) is 0 Å². The molecule has 0 bridgehead atoms. The molecule has 96 valence electrons. The number of nitrogens with one attached hydrogen (secondary N) is 2. The molecule has 0 unspecified atom stereocenters. The lowest BCUT2D eigenvalue weighted by atomic mass is 10.1. The van der Waals surface area contributed by atoms with E-state index >= 15 is 0 Å². The highest BCUT2D eigenvalue weighted by Gasteiger charge is 2.08. The number of nitrogens with zero attached hydrogens (tertiary/aromatic N) is 2. The van der Waals surface area contributed by atoms with E-state index in [1.54, 1.807) is 0 Å². The molecule has 0 aromatic carbocycles. The number of pyridine rings is 1. The molecule has 0 saturated carbocycles. The first-order chi connectivity index (χ1) is 7.90. The zero-order chi connectivity index (χ0) is 12.9. The average Bonchev–Trinajstić information content (AvgIpc) is 2.23. The van der Waals surface area contributed by atoms with E-state index in [0.717, 1.165) is 24.6 Å². The number of hydrogen-bond acceptors (Lipinski definition) is 4. The van der Waals surface area contributed by atoms with Crippen molar-refractivity contribution >= 4 is 11.5 Å². The van der Waals surface area contributed by atoms with Crippen molar-refractivity contribution in [3.8, 4) is 0 Å². The number of aromatic nitrogens is 1. The van der Waals surface area contributed by atoms with Crippen molar-refractivity contribution in [2.45, 2.75) is 26.3 Å². The predicted octanol–water partition coefficient (Wildman–Crippen LogP) is 1.95. The average molecular weight is 236 g/mol. The number of hydrogen-bond donors (Lipinski definition) is 2. The lowest BCUT2D eigenvalue weighted by Gasteiger charge is -2.21. The van der Waals surface area contributed by atoms with Crippen LogP contribution in [-0.2, 0) is 0 Å². The van der Waals surface area contributed by atoms with Crippen LogP contribution in [-0.4, -0.2) is 37.7 Å². The topological polar surface area (TPSA) is 40.2 Å². The van der Waals surface area contributed by atoms with E-state index in [9.17, 15) is 0 Å². The first kappa shape index (κ1) is 13.8. The van der Waals surface area contributed by atoms with E-state index in [1.807, 2.05) is 31.3 Å². The summed E-state index contributed by atoms with van der Waals surface area (Å²) in [5.41, 5.74) is 1.24. The molecule has 1 aromatic heterocycles. The Hall–Kier alpha value is -1.29. The summed E-state index contributed by atoms with van der Waals surface area (Å²) >= 11 is 0. The van der Waals surface area contributed by atoms with Gasteiger partial charge in [0.25, 0.3) is 0 Å².